The zero-order valence-corrected chi connectivity index (χ0v) is 16.5. The van der Waals surface area contributed by atoms with E-state index in [1.807, 2.05) is 62.4 Å². The summed E-state index contributed by atoms with van der Waals surface area (Å²) in [6.07, 6.45) is 0. The lowest BCUT2D eigenvalue weighted by Crippen LogP contribution is -2.51. The molecule has 3 rings (SSSR count). The minimum atomic E-state index is -0.424. The van der Waals surface area contributed by atoms with Gasteiger partial charge in [0.25, 0.3) is 0 Å². The summed E-state index contributed by atoms with van der Waals surface area (Å²) in [5.74, 6) is -0.357. The molecule has 0 unspecified atom stereocenters. The quantitative estimate of drug-likeness (QED) is 0.804. The van der Waals surface area contributed by atoms with Crippen LogP contribution in [0.2, 0.25) is 0 Å². The molecule has 28 heavy (non-hydrogen) atoms. The number of anilines is 1. The third-order valence-corrected chi connectivity index (χ3v) is 5.40. The number of amides is 2. The zero-order valence-electron chi connectivity index (χ0n) is 16.5. The Morgan fingerprint density at radius 3 is 2.32 bits per heavy atom. The van der Waals surface area contributed by atoms with E-state index in [1.165, 1.54) is 0 Å². The second-order valence-electron chi connectivity index (χ2n) is 7.32. The van der Waals surface area contributed by atoms with E-state index in [4.69, 9.17) is 5.73 Å². The number of carbonyl (C=O) groups excluding carboxylic acids is 2. The van der Waals surface area contributed by atoms with Crippen LogP contribution < -0.4 is 11.1 Å². The number of piperazine rings is 1. The van der Waals surface area contributed by atoms with E-state index >= 15 is 0 Å². The van der Waals surface area contributed by atoms with Gasteiger partial charge in [0.2, 0.25) is 11.8 Å². The molecule has 1 fully saturated rings. The zero-order chi connectivity index (χ0) is 20.1. The summed E-state index contributed by atoms with van der Waals surface area (Å²) in [5, 5.41) is 3.01. The molecule has 3 N–H and O–H groups in total. The number of nitrogens with zero attached hydrogens (tertiary/aromatic N) is 2. The fraction of sp³-hybridized carbons (Fsp3) is 0.364. The lowest BCUT2D eigenvalue weighted by molar-refractivity contribution is -0.125. The van der Waals surface area contributed by atoms with E-state index in [0.717, 1.165) is 35.5 Å². The Labute approximate surface area is 166 Å². The number of hydrogen-bond acceptors (Lipinski definition) is 4. The van der Waals surface area contributed by atoms with Gasteiger partial charge >= 0.3 is 0 Å². The summed E-state index contributed by atoms with van der Waals surface area (Å²) in [7, 11) is 0. The molecule has 2 aromatic rings. The smallest absolute Gasteiger partial charge is 0.239 e. The van der Waals surface area contributed by atoms with E-state index in [9.17, 15) is 9.59 Å². The number of rotatable bonds is 6. The SMILES string of the molecule is Cc1cccc(NC(=O)CN2CCN([C@@H](C(N)=O)c3ccccc3)CC2)c1C. The first-order chi connectivity index (χ1) is 13.5. The van der Waals surface area contributed by atoms with E-state index in [2.05, 4.69) is 15.1 Å². The van der Waals surface area contributed by atoms with Crippen molar-refractivity contribution < 1.29 is 9.59 Å². The molecule has 1 aliphatic heterocycles. The molecule has 0 radical (unpaired) electrons. The van der Waals surface area contributed by atoms with Crippen LogP contribution in [0.3, 0.4) is 0 Å². The molecule has 1 saturated heterocycles. The van der Waals surface area contributed by atoms with Crippen molar-refractivity contribution in [2.75, 3.05) is 38.0 Å². The van der Waals surface area contributed by atoms with Crippen LogP contribution >= 0.6 is 0 Å². The molecular weight excluding hydrogens is 352 g/mol. The maximum absolute atomic E-state index is 12.4. The van der Waals surface area contributed by atoms with Gasteiger partial charge in [0.05, 0.1) is 6.54 Å². The average Bonchev–Trinajstić information content (AvgIpc) is 2.67. The predicted molar refractivity (Wildman–Crippen MR) is 111 cm³/mol. The highest BCUT2D eigenvalue weighted by Crippen LogP contribution is 2.22. The van der Waals surface area contributed by atoms with Crippen LogP contribution in [0.4, 0.5) is 5.69 Å². The highest BCUT2D eigenvalue weighted by atomic mass is 16.2. The number of nitrogens with two attached hydrogens (primary N) is 1. The van der Waals surface area contributed by atoms with Crippen LogP contribution in [0.15, 0.2) is 48.5 Å². The maximum atomic E-state index is 12.4. The Balaban J connectivity index is 1.55. The van der Waals surface area contributed by atoms with Gasteiger partial charge in [-0.25, -0.2) is 0 Å². The third kappa shape index (κ3) is 4.77. The minimum absolute atomic E-state index is 0.0170. The molecule has 1 heterocycles. The highest BCUT2D eigenvalue weighted by Gasteiger charge is 2.29. The number of aryl methyl sites for hydroxylation is 1. The second kappa shape index (κ2) is 8.99. The summed E-state index contributed by atoms with van der Waals surface area (Å²) in [5.41, 5.74) is 9.69. The fourth-order valence-corrected chi connectivity index (χ4v) is 3.65. The van der Waals surface area contributed by atoms with Crippen molar-refractivity contribution in [2.45, 2.75) is 19.9 Å². The van der Waals surface area contributed by atoms with Crippen LogP contribution in [-0.2, 0) is 9.59 Å². The summed E-state index contributed by atoms with van der Waals surface area (Å²) in [4.78, 5) is 28.7. The highest BCUT2D eigenvalue weighted by molar-refractivity contribution is 5.93. The van der Waals surface area contributed by atoms with Gasteiger partial charge in [-0.2, -0.15) is 0 Å². The normalized spacial score (nSPS) is 16.5. The van der Waals surface area contributed by atoms with Crippen LogP contribution in [0.1, 0.15) is 22.7 Å². The van der Waals surface area contributed by atoms with Crippen molar-refractivity contribution in [2.24, 2.45) is 5.73 Å². The Hall–Kier alpha value is -2.70. The lowest BCUT2D eigenvalue weighted by atomic mass is 10.0. The maximum Gasteiger partial charge on any atom is 0.239 e. The van der Waals surface area contributed by atoms with E-state index in [1.54, 1.807) is 0 Å². The average molecular weight is 380 g/mol. The summed E-state index contributed by atoms with van der Waals surface area (Å²) < 4.78 is 0. The fourth-order valence-electron chi connectivity index (χ4n) is 3.65. The van der Waals surface area contributed by atoms with Crippen molar-refractivity contribution in [1.82, 2.24) is 9.80 Å². The van der Waals surface area contributed by atoms with Crippen molar-refractivity contribution in [1.29, 1.82) is 0 Å². The molecule has 6 heteroatoms. The molecule has 0 aliphatic carbocycles. The molecule has 0 aromatic heterocycles. The second-order valence-corrected chi connectivity index (χ2v) is 7.32. The summed E-state index contributed by atoms with van der Waals surface area (Å²) >= 11 is 0. The summed E-state index contributed by atoms with van der Waals surface area (Å²) in [6.45, 7) is 7.21. The predicted octanol–water partition coefficient (Wildman–Crippen LogP) is 2.09. The van der Waals surface area contributed by atoms with E-state index in [-0.39, 0.29) is 11.8 Å². The molecular formula is C22H28N4O2. The van der Waals surface area contributed by atoms with Crippen LogP contribution in [0.25, 0.3) is 0 Å². The van der Waals surface area contributed by atoms with Gasteiger partial charge in [-0.3, -0.25) is 19.4 Å². The number of nitrogens with one attached hydrogen (secondary N) is 1. The van der Waals surface area contributed by atoms with Gasteiger partial charge in [0.1, 0.15) is 6.04 Å². The first kappa shape index (κ1) is 20.0. The first-order valence-corrected chi connectivity index (χ1v) is 9.62. The third-order valence-electron chi connectivity index (χ3n) is 5.40. The molecule has 0 bridgehead atoms. The molecule has 148 valence electrons. The van der Waals surface area contributed by atoms with Crippen molar-refractivity contribution in [3.8, 4) is 0 Å². The van der Waals surface area contributed by atoms with Crippen LogP contribution in [0, 0.1) is 13.8 Å². The van der Waals surface area contributed by atoms with Crippen LogP contribution in [-0.4, -0.2) is 54.3 Å². The Morgan fingerprint density at radius 2 is 1.68 bits per heavy atom. The number of primary amides is 1. The molecule has 1 atom stereocenters. The molecule has 2 aromatic carbocycles. The summed E-state index contributed by atoms with van der Waals surface area (Å²) in [6, 6.07) is 15.1. The van der Waals surface area contributed by atoms with Crippen molar-refractivity contribution >= 4 is 17.5 Å². The van der Waals surface area contributed by atoms with Gasteiger partial charge in [-0.05, 0) is 36.6 Å². The number of hydrogen-bond donors (Lipinski definition) is 2. The minimum Gasteiger partial charge on any atom is -0.368 e. The van der Waals surface area contributed by atoms with E-state index < -0.39 is 6.04 Å². The van der Waals surface area contributed by atoms with Crippen molar-refractivity contribution in [3.05, 3.63) is 65.2 Å². The number of carbonyl (C=O) groups is 2. The molecule has 6 nitrogen and oxygen atoms in total. The molecule has 1 aliphatic rings. The number of benzene rings is 2. The molecule has 2 amide bonds. The molecule has 0 spiro atoms. The van der Waals surface area contributed by atoms with E-state index in [0.29, 0.717) is 19.6 Å². The lowest BCUT2D eigenvalue weighted by Gasteiger charge is -2.38. The van der Waals surface area contributed by atoms with Crippen LogP contribution in [0.5, 0.6) is 0 Å². The van der Waals surface area contributed by atoms with Gasteiger partial charge in [0.15, 0.2) is 0 Å². The van der Waals surface area contributed by atoms with Gasteiger partial charge in [0, 0.05) is 31.9 Å². The monoisotopic (exact) mass is 380 g/mol. The molecule has 0 saturated carbocycles. The Bertz CT molecular complexity index is 830. The van der Waals surface area contributed by atoms with Gasteiger partial charge in [-0.1, -0.05) is 42.5 Å². The Kier molecular flexibility index (Phi) is 6.44. The topological polar surface area (TPSA) is 78.7 Å². The standard InChI is InChI=1S/C22H28N4O2/c1-16-7-6-10-19(17(16)2)24-20(27)15-25-11-13-26(14-12-25)21(22(23)28)18-8-4-3-5-9-18/h3-10,21H,11-15H2,1-2H3,(H2,23,28)(H,24,27)/t21-/m1/s1. The first-order valence-electron chi connectivity index (χ1n) is 9.62. The largest absolute Gasteiger partial charge is 0.368 e. The van der Waals surface area contributed by atoms with Gasteiger partial charge in [-0.15, -0.1) is 0 Å². The van der Waals surface area contributed by atoms with Crippen molar-refractivity contribution in [3.63, 3.8) is 0 Å². The Morgan fingerprint density at radius 1 is 1.00 bits per heavy atom. The van der Waals surface area contributed by atoms with Gasteiger partial charge < -0.3 is 11.1 Å².